The molecule has 1 aliphatic rings. The normalized spacial score (nSPS) is 19.9. The van der Waals surface area contributed by atoms with E-state index >= 15 is 0 Å². The Morgan fingerprint density at radius 1 is 1.33 bits per heavy atom. The van der Waals surface area contributed by atoms with Gasteiger partial charge in [0.25, 0.3) is 0 Å². The lowest BCUT2D eigenvalue weighted by Crippen LogP contribution is -2.44. The smallest absolute Gasteiger partial charge is 0.134 e. The van der Waals surface area contributed by atoms with E-state index in [0.29, 0.717) is 0 Å². The second-order valence-electron chi connectivity index (χ2n) is 3.57. The Balaban J connectivity index is 2.28. The number of rotatable bonds is 2. The maximum Gasteiger partial charge on any atom is 0.134 e. The third-order valence-corrected chi connectivity index (χ3v) is 2.26. The first-order chi connectivity index (χ1) is 7.29. The van der Waals surface area contributed by atoms with E-state index < -0.39 is 0 Å². The molecule has 0 aliphatic carbocycles. The maximum absolute atomic E-state index is 4.32. The highest BCUT2D eigenvalue weighted by Gasteiger charge is 2.19. The third kappa shape index (κ3) is 2.05. The first-order valence-electron chi connectivity index (χ1n) is 4.85. The first kappa shape index (κ1) is 9.86. The van der Waals surface area contributed by atoms with Gasteiger partial charge in [0, 0.05) is 24.8 Å². The van der Waals surface area contributed by atoms with Gasteiger partial charge in [-0.1, -0.05) is 6.07 Å². The summed E-state index contributed by atoms with van der Waals surface area (Å²) < 4.78 is 0. The standard InChI is InChI=1S/C11H14N4/c1-14(2)11-9-12-7-8-15(11)10-5-3-4-6-13-10/h3-9,11H,1-2H3. The minimum atomic E-state index is 0.130. The van der Waals surface area contributed by atoms with E-state index in [9.17, 15) is 0 Å². The van der Waals surface area contributed by atoms with Crippen LogP contribution < -0.4 is 4.90 Å². The molecule has 2 rings (SSSR count). The van der Waals surface area contributed by atoms with Crippen LogP contribution in [0.2, 0.25) is 0 Å². The molecule has 0 spiro atoms. The Morgan fingerprint density at radius 2 is 2.20 bits per heavy atom. The number of aliphatic imine (C=N–C) groups is 1. The number of anilines is 1. The summed E-state index contributed by atoms with van der Waals surface area (Å²) in [5.74, 6) is 0.929. The highest BCUT2D eigenvalue weighted by molar-refractivity contribution is 5.72. The molecule has 0 N–H and O–H groups in total. The van der Waals surface area contributed by atoms with Crippen LogP contribution in [0.25, 0.3) is 0 Å². The fourth-order valence-corrected chi connectivity index (χ4v) is 1.50. The Bertz CT molecular complexity index is 369. The van der Waals surface area contributed by atoms with E-state index in [-0.39, 0.29) is 6.17 Å². The van der Waals surface area contributed by atoms with Crippen molar-refractivity contribution in [2.75, 3.05) is 19.0 Å². The lowest BCUT2D eigenvalue weighted by Gasteiger charge is -2.32. The minimum absolute atomic E-state index is 0.130. The lowest BCUT2D eigenvalue weighted by atomic mass is 10.3. The van der Waals surface area contributed by atoms with E-state index in [4.69, 9.17) is 0 Å². The van der Waals surface area contributed by atoms with Crippen molar-refractivity contribution in [3.05, 3.63) is 36.8 Å². The average Bonchev–Trinajstić information content (AvgIpc) is 2.30. The first-order valence-corrected chi connectivity index (χ1v) is 4.85. The second kappa shape index (κ2) is 4.23. The molecule has 1 atom stereocenters. The lowest BCUT2D eigenvalue weighted by molar-refractivity contribution is 0.365. The molecule has 1 aromatic rings. The molecule has 0 bridgehead atoms. The van der Waals surface area contributed by atoms with Gasteiger partial charge in [-0.25, -0.2) is 4.98 Å². The van der Waals surface area contributed by atoms with Crippen LogP contribution in [0.4, 0.5) is 5.82 Å². The molecule has 0 aromatic carbocycles. The average molecular weight is 202 g/mol. The summed E-state index contributed by atoms with van der Waals surface area (Å²) >= 11 is 0. The molecule has 78 valence electrons. The molecular formula is C11H14N4. The topological polar surface area (TPSA) is 31.7 Å². The van der Waals surface area contributed by atoms with Crippen LogP contribution in [-0.2, 0) is 0 Å². The van der Waals surface area contributed by atoms with Gasteiger partial charge in [-0.2, -0.15) is 0 Å². The van der Waals surface area contributed by atoms with Gasteiger partial charge in [-0.05, 0) is 26.2 Å². The zero-order chi connectivity index (χ0) is 10.7. The summed E-state index contributed by atoms with van der Waals surface area (Å²) in [6.07, 6.45) is 7.53. The predicted octanol–water partition coefficient (Wildman–Crippen LogP) is 1.33. The summed E-state index contributed by atoms with van der Waals surface area (Å²) in [5.41, 5.74) is 0. The van der Waals surface area contributed by atoms with Crippen LogP contribution in [-0.4, -0.2) is 36.4 Å². The molecular weight excluding hydrogens is 188 g/mol. The zero-order valence-electron chi connectivity index (χ0n) is 8.91. The molecule has 15 heavy (non-hydrogen) atoms. The highest BCUT2D eigenvalue weighted by atomic mass is 15.4. The summed E-state index contributed by atoms with van der Waals surface area (Å²) in [4.78, 5) is 12.6. The van der Waals surface area contributed by atoms with E-state index in [1.54, 1.807) is 12.4 Å². The number of hydrogen-bond acceptors (Lipinski definition) is 4. The summed E-state index contributed by atoms with van der Waals surface area (Å²) in [6, 6.07) is 5.88. The van der Waals surface area contributed by atoms with Gasteiger partial charge in [0.15, 0.2) is 0 Å². The van der Waals surface area contributed by atoms with Crippen LogP contribution in [0.5, 0.6) is 0 Å². The Morgan fingerprint density at radius 3 is 2.87 bits per heavy atom. The quantitative estimate of drug-likeness (QED) is 0.725. The van der Waals surface area contributed by atoms with Gasteiger partial charge in [0.2, 0.25) is 0 Å². The van der Waals surface area contributed by atoms with Crippen LogP contribution in [0.1, 0.15) is 0 Å². The van der Waals surface area contributed by atoms with Crippen LogP contribution in [0, 0.1) is 0 Å². The van der Waals surface area contributed by atoms with Crippen LogP contribution in [0.3, 0.4) is 0 Å². The predicted molar refractivity (Wildman–Crippen MR) is 61.8 cm³/mol. The van der Waals surface area contributed by atoms with Gasteiger partial charge >= 0.3 is 0 Å². The molecule has 0 saturated heterocycles. The zero-order valence-corrected chi connectivity index (χ0v) is 8.91. The van der Waals surface area contributed by atoms with Crippen molar-refractivity contribution in [3.8, 4) is 0 Å². The van der Waals surface area contributed by atoms with Crippen molar-refractivity contribution in [2.45, 2.75) is 6.17 Å². The Labute approximate surface area is 89.6 Å². The fourth-order valence-electron chi connectivity index (χ4n) is 1.50. The minimum Gasteiger partial charge on any atom is -0.310 e. The van der Waals surface area contributed by atoms with Gasteiger partial charge < -0.3 is 4.90 Å². The third-order valence-electron chi connectivity index (χ3n) is 2.26. The Hall–Kier alpha value is -1.68. The largest absolute Gasteiger partial charge is 0.310 e. The fraction of sp³-hybridized carbons (Fsp3) is 0.273. The monoisotopic (exact) mass is 202 g/mol. The summed E-state index contributed by atoms with van der Waals surface area (Å²) in [7, 11) is 4.04. The number of aromatic nitrogens is 1. The van der Waals surface area contributed by atoms with Crippen molar-refractivity contribution in [1.82, 2.24) is 9.88 Å². The maximum atomic E-state index is 4.32. The molecule has 1 aromatic heterocycles. The van der Waals surface area contributed by atoms with Crippen molar-refractivity contribution in [3.63, 3.8) is 0 Å². The van der Waals surface area contributed by atoms with Crippen LogP contribution >= 0.6 is 0 Å². The van der Waals surface area contributed by atoms with Gasteiger partial charge in [-0.15, -0.1) is 0 Å². The number of pyridine rings is 1. The molecule has 0 radical (unpaired) electrons. The van der Waals surface area contributed by atoms with Crippen molar-refractivity contribution < 1.29 is 0 Å². The molecule has 0 amide bonds. The van der Waals surface area contributed by atoms with Crippen LogP contribution in [0.15, 0.2) is 41.8 Å². The van der Waals surface area contributed by atoms with Gasteiger partial charge in [-0.3, -0.25) is 9.89 Å². The summed E-state index contributed by atoms with van der Waals surface area (Å²) in [6.45, 7) is 0. The SMILES string of the molecule is CN(C)C1C=NC=CN1c1ccccn1. The number of nitrogens with zero attached hydrogens (tertiary/aromatic N) is 4. The molecule has 2 heterocycles. The molecule has 1 unspecified atom stereocenters. The van der Waals surface area contributed by atoms with Gasteiger partial charge in [0.05, 0.1) is 0 Å². The van der Waals surface area contributed by atoms with Gasteiger partial charge in [0.1, 0.15) is 12.0 Å². The van der Waals surface area contributed by atoms with E-state index in [2.05, 4.69) is 19.8 Å². The second-order valence-corrected chi connectivity index (χ2v) is 3.57. The molecule has 0 saturated carbocycles. The molecule has 4 heteroatoms. The molecule has 0 fully saturated rings. The van der Waals surface area contributed by atoms with E-state index in [1.165, 1.54) is 0 Å². The van der Waals surface area contributed by atoms with E-state index in [1.807, 2.05) is 44.7 Å². The number of hydrogen-bond donors (Lipinski definition) is 0. The Kier molecular flexibility index (Phi) is 2.78. The van der Waals surface area contributed by atoms with E-state index in [0.717, 1.165) is 5.82 Å². The van der Waals surface area contributed by atoms with Crippen molar-refractivity contribution in [1.29, 1.82) is 0 Å². The molecule has 4 nitrogen and oxygen atoms in total. The van der Waals surface area contributed by atoms with Crippen molar-refractivity contribution in [2.24, 2.45) is 4.99 Å². The highest BCUT2D eigenvalue weighted by Crippen LogP contribution is 2.16. The molecule has 1 aliphatic heterocycles. The van der Waals surface area contributed by atoms with Crippen molar-refractivity contribution >= 4 is 12.0 Å². The summed E-state index contributed by atoms with van der Waals surface area (Å²) in [5, 5.41) is 0.